The summed E-state index contributed by atoms with van der Waals surface area (Å²) in [6.45, 7) is 27.4. The van der Waals surface area contributed by atoms with Gasteiger partial charge in [-0.05, 0) is 191 Å². The maximum atomic E-state index is 13.6. The highest BCUT2D eigenvalue weighted by atomic mass is 16.6. The molecule has 8 rings (SSSR count). The normalized spacial score (nSPS) is 40.3. The molecular formula is C53H78N2O4. The number of nitrogens with zero attached hydrogens (tertiary/aromatic N) is 1. The van der Waals surface area contributed by atoms with Gasteiger partial charge in [-0.25, -0.2) is 4.79 Å². The molecule has 1 aliphatic heterocycles. The van der Waals surface area contributed by atoms with E-state index in [0.717, 1.165) is 25.3 Å². The van der Waals surface area contributed by atoms with Crippen molar-refractivity contribution in [2.45, 2.75) is 150 Å². The van der Waals surface area contributed by atoms with Crippen LogP contribution in [-0.4, -0.2) is 61.8 Å². The minimum atomic E-state index is -0.860. The van der Waals surface area contributed by atoms with Crippen molar-refractivity contribution in [3.8, 4) is 0 Å². The number of carbonyl (C=O) groups is 2. The Bertz CT molecular complexity index is 1810. The lowest BCUT2D eigenvalue weighted by atomic mass is 9.33. The Morgan fingerprint density at radius 1 is 0.831 bits per heavy atom. The number of hydrogen-bond donors (Lipinski definition) is 1. The van der Waals surface area contributed by atoms with E-state index in [1.807, 2.05) is 25.1 Å². The number of carbonyl (C=O) groups excluding carboxylic acids is 2. The van der Waals surface area contributed by atoms with Gasteiger partial charge in [0.05, 0.1) is 12.2 Å². The van der Waals surface area contributed by atoms with Crippen molar-refractivity contribution in [2.75, 3.05) is 39.4 Å². The molecule has 1 heterocycles. The molecule has 0 radical (unpaired) electrons. The van der Waals surface area contributed by atoms with E-state index in [4.69, 9.17) is 9.47 Å². The van der Waals surface area contributed by atoms with Crippen LogP contribution >= 0.6 is 0 Å². The second kappa shape index (κ2) is 16.2. The number of benzene rings is 1. The van der Waals surface area contributed by atoms with Gasteiger partial charge in [0.2, 0.25) is 0 Å². The summed E-state index contributed by atoms with van der Waals surface area (Å²) in [5.74, 6) is 2.73. The molecule has 1 saturated heterocycles. The highest BCUT2D eigenvalue weighted by molar-refractivity contribution is 5.89. The number of esters is 2. The van der Waals surface area contributed by atoms with Crippen LogP contribution in [0, 0.1) is 56.7 Å². The number of likely N-dealkylation sites (tertiary alicyclic amines) is 1. The standard InChI is InChI=1S/C53H78N2O4/c1-9-58-47(57)52(36-59-46(56)39-16-12-10-13-17-39)27-20-38(21-28-52)41-23-25-49(6)43(48(41,4)5)24-26-51(8)44(49)19-18-42-45-40(37(2)3)22-29-53(45,31-30-50(42,51)7)54-32-35-55-33-14-11-15-34-55/h10,12-13,16-17,20,23,40,42-45,54H,2,9,11,14-15,18-19,21-22,24-36H2,1,3-8H3/t40-,42+,43-,44+,45+,49-,50+,51+,52?,53-/m0/s1. The summed E-state index contributed by atoms with van der Waals surface area (Å²) < 4.78 is 11.5. The van der Waals surface area contributed by atoms with Gasteiger partial charge in [0.1, 0.15) is 12.0 Å². The number of nitrogens with one attached hydrogen (secondary N) is 1. The van der Waals surface area contributed by atoms with Crippen LogP contribution in [0.5, 0.6) is 0 Å². The zero-order chi connectivity index (χ0) is 41.8. The second-order valence-corrected chi connectivity index (χ2v) is 22.1. The highest BCUT2D eigenvalue weighted by Crippen LogP contribution is 2.76. The topological polar surface area (TPSA) is 67.9 Å². The van der Waals surface area contributed by atoms with E-state index in [1.54, 1.807) is 12.1 Å². The average molecular weight is 807 g/mol. The molecule has 6 nitrogen and oxygen atoms in total. The third-order valence-electron chi connectivity index (χ3n) is 19.2. The predicted molar refractivity (Wildman–Crippen MR) is 239 cm³/mol. The highest BCUT2D eigenvalue weighted by Gasteiger charge is 2.70. The summed E-state index contributed by atoms with van der Waals surface area (Å²) >= 11 is 0. The van der Waals surface area contributed by atoms with Crippen LogP contribution < -0.4 is 5.32 Å². The van der Waals surface area contributed by atoms with Gasteiger partial charge in [-0.1, -0.05) is 83.5 Å². The fourth-order valence-corrected chi connectivity index (χ4v) is 15.9. The molecule has 6 aliphatic carbocycles. The van der Waals surface area contributed by atoms with Gasteiger partial charge in [0.15, 0.2) is 0 Å². The Hall–Kier alpha value is -2.70. The van der Waals surface area contributed by atoms with Crippen LogP contribution in [0.2, 0.25) is 0 Å². The molecule has 1 aromatic carbocycles. The van der Waals surface area contributed by atoms with E-state index in [2.05, 4.69) is 70.5 Å². The van der Waals surface area contributed by atoms with E-state index in [9.17, 15) is 9.59 Å². The van der Waals surface area contributed by atoms with Crippen LogP contribution in [0.4, 0.5) is 0 Å². The zero-order valence-corrected chi connectivity index (χ0v) is 38.1. The molecule has 0 aromatic heterocycles. The zero-order valence-electron chi connectivity index (χ0n) is 38.1. The van der Waals surface area contributed by atoms with Crippen LogP contribution in [0.1, 0.15) is 155 Å². The van der Waals surface area contributed by atoms with Gasteiger partial charge in [-0.3, -0.25) is 4.79 Å². The van der Waals surface area contributed by atoms with Crippen molar-refractivity contribution >= 4 is 11.9 Å². The van der Waals surface area contributed by atoms with Crippen molar-refractivity contribution in [2.24, 2.45) is 56.7 Å². The largest absolute Gasteiger partial charge is 0.465 e. The molecular weight excluding hydrogens is 729 g/mol. The van der Waals surface area contributed by atoms with E-state index in [0.29, 0.717) is 59.5 Å². The second-order valence-electron chi connectivity index (χ2n) is 22.1. The maximum absolute atomic E-state index is 13.6. The van der Waals surface area contributed by atoms with Crippen molar-refractivity contribution in [3.05, 3.63) is 71.3 Å². The lowest BCUT2D eigenvalue weighted by Crippen LogP contribution is -2.68. The smallest absolute Gasteiger partial charge is 0.338 e. The lowest BCUT2D eigenvalue weighted by Gasteiger charge is -2.72. The van der Waals surface area contributed by atoms with Crippen LogP contribution in [0.3, 0.4) is 0 Å². The molecule has 0 spiro atoms. The predicted octanol–water partition coefficient (Wildman–Crippen LogP) is 11.5. The van der Waals surface area contributed by atoms with Gasteiger partial charge in [-0.15, -0.1) is 0 Å². The minimum absolute atomic E-state index is 0.0259. The van der Waals surface area contributed by atoms with E-state index >= 15 is 0 Å². The van der Waals surface area contributed by atoms with E-state index in [-0.39, 0.29) is 28.9 Å². The van der Waals surface area contributed by atoms with Crippen molar-refractivity contribution in [3.63, 3.8) is 0 Å². The number of hydrogen-bond acceptors (Lipinski definition) is 6. The number of allylic oxidation sites excluding steroid dienone is 5. The van der Waals surface area contributed by atoms with Crippen molar-refractivity contribution < 1.29 is 19.1 Å². The summed E-state index contributed by atoms with van der Waals surface area (Å²) in [5, 5.41) is 4.36. The fourth-order valence-electron chi connectivity index (χ4n) is 15.9. The number of ether oxygens (including phenoxy) is 2. The van der Waals surface area contributed by atoms with Gasteiger partial charge in [-0.2, -0.15) is 0 Å². The average Bonchev–Trinajstić information content (AvgIpc) is 3.61. The molecule has 10 atom stereocenters. The Kier molecular flexibility index (Phi) is 11.8. The Morgan fingerprint density at radius 3 is 2.29 bits per heavy atom. The van der Waals surface area contributed by atoms with Crippen molar-refractivity contribution in [1.29, 1.82) is 0 Å². The summed E-state index contributed by atoms with van der Waals surface area (Å²) in [6, 6.07) is 9.07. The molecule has 1 unspecified atom stereocenters. The molecule has 6 heteroatoms. The number of rotatable bonds is 11. The third-order valence-corrected chi connectivity index (χ3v) is 19.2. The Labute approximate surface area is 357 Å². The van der Waals surface area contributed by atoms with Crippen LogP contribution in [-0.2, 0) is 14.3 Å². The van der Waals surface area contributed by atoms with E-state index in [1.165, 1.54) is 107 Å². The summed E-state index contributed by atoms with van der Waals surface area (Å²) in [4.78, 5) is 29.3. The lowest BCUT2D eigenvalue weighted by molar-refractivity contribution is -0.221. The van der Waals surface area contributed by atoms with Crippen molar-refractivity contribution in [1.82, 2.24) is 10.2 Å². The molecule has 1 N–H and O–H groups in total. The first-order valence-electron chi connectivity index (χ1n) is 24.1. The molecule has 0 bridgehead atoms. The quantitative estimate of drug-likeness (QED) is 0.177. The van der Waals surface area contributed by atoms with E-state index < -0.39 is 11.4 Å². The van der Waals surface area contributed by atoms with Gasteiger partial charge >= 0.3 is 11.9 Å². The number of fused-ring (bicyclic) bond motifs is 7. The molecule has 0 amide bonds. The van der Waals surface area contributed by atoms with Gasteiger partial charge < -0.3 is 19.7 Å². The summed E-state index contributed by atoms with van der Waals surface area (Å²) in [6.07, 6.45) is 22.7. The van der Waals surface area contributed by atoms with Gasteiger partial charge in [0.25, 0.3) is 0 Å². The monoisotopic (exact) mass is 807 g/mol. The molecule has 324 valence electrons. The SMILES string of the molecule is C=C(C)[C@@H]1CC[C@]2(NCCN3CCCCC3)CC[C@]3(C)[C@H](CC[C@@H]4[C@@]5(C)CC=C(C6=CCC(COC(=O)c7ccccc7)(C(=O)OCC)CC6)C(C)(C)[C@@H]5CC[C@]43C)[C@@H]12. The van der Waals surface area contributed by atoms with Gasteiger partial charge in [0, 0.05) is 18.6 Å². The minimum Gasteiger partial charge on any atom is -0.465 e. The van der Waals surface area contributed by atoms with Crippen LogP contribution in [0.25, 0.3) is 0 Å². The first kappa shape index (κ1) is 43.0. The fraction of sp³-hybridized carbons (Fsp3) is 0.736. The summed E-state index contributed by atoms with van der Waals surface area (Å²) in [7, 11) is 0. The Morgan fingerprint density at radius 2 is 1.59 bits per heavy atom. The molecule has 5 fully saturated rings. The van der Waals surface area contributed by atoms with Crippen LogP contribution in [0.15, 0.2) is 65.8 Å². The molecule has 7 aliphatic rings. The third kappa shape index (κ3) is 7.14. The maximum Gasteiger partial charge on any atom is 0.338 e. The molecule has 59 heavy (non-hydrogen) atoms. The molecule has 1 aromatic rings. The molecule has 4 saturated carbocycles. The summed E-state index contributed by atoms with van der Waals surface area (Å²) in [5.41, 5.74) is 5.13. The first-order chi connectivity index (χ1) is 28.1. The first-order valence-corrected chi connectivity index (χ1v) is 24.1. The Balaban J connectivity index is 1.01. The number of piperidine rings is 1.